The van der Waals surface area contributed by atoms with E-state index in [9.17, 15) is 0 Å². The fourth-order valence-corrected chi connectivity index (χ4v) is 6.70. The van der Waals surface area contributed by atoms with Crippen molar-refractivity contribution in [3.8, 4) is 11.3 Å². The highest BCUT2D eigenvalue weighted by Gasteiger charge is 2.51. The van der Waals surface area contributed by atoms with Crippen LogP contribution in [0, 0.1) is 6.92 Å². The molecule has 9 rings (SSSR count). The van der Waals surface area contributed by atoms with Gasteiger partial charge in [-0.05, 0) is 107 Å². The van der Waals surface area contributed by atoms with E-state index in [0.717, 1.165) is 49.9 Å². The van der Waals surface area contributed by atoms with Gasteiger partial charge in [-0.1, -0.05) is 13.5 Å². The monoisotopic (exact) mass is 839 g/mol. The Morgan fingerprint density at radius 3 is 1.88 bits per heavy atom. The second kappa shape index (κ2) is 15.4. The topological polar surface area (TPSA) is 236 Å². The van der Waals surface area contributed by atoms with E-state index in [1.807, 2.05) is 94.2 Å². The summed E-state index contributed by atoms with van der Waals surface area (Å²) < 4.78 is 27.1. The van der Waals surface area contributed by atoms with E-state index in [4.69, 9.17) is 40.4 Å². The van der Waals surface area contributed by atoms with E-state index in [1.165, 1.54) is 12.7 Å². The third-order valence-electron chi connectivity index (χ3n) is 9.69. The molecule has 0 amide bonds. The fourth-order valence-electron chi connectivity index (χ4n) is 6.15. The second-order valence-corrected chi connectivity index (χ2v) is 15.7. The molecular formula is C38H47BBrN13O4. The van der Waals surface area contributed by atoms with Crippen molar-refractivity contribution in [2.45, 2.75) is 93.0 Å². The standard InChI is InChI=1S/C16H16N6O.C13H17BN2O3.C8H10BrN5.CH4/c1-8(2)22-16-13(15(17)18-7-19-16)14(21-22)10-4-5-12-11(6-10)20-9(3)23-12;1-12(2)13(3,4)19-14(18-12)8-5-6-10-9(7-8)16-11(15)17-10;1-4(2)14-8-5(6(9)13-14)7(10)11-3-12-8;/h4-8H,1-3H3,(H2,17,18,19);5-7H,1-4H3,(H2,15,16);3-4H,1-2H3,(H2,10,11,12);1H4. The van der Waals surface area contributed by atoms with Crippen molar-refractivity contribution >= 4 is 90.4 Å². The predicted molar refractivity (Wildman–Crippen MR) is 227 cm³/mol. The minimum atomic E-state index is -0.396. The van der Waals surface area contributed by atoms with E-state index < -0.39 is 7.12 Å². The lowest BCUT2D eigenvalue weighted by atomic mass is 9.79. The highest BCUT2D eigenvalue weighted by Crippen LogP contribution is 2.37. The maximum atomic E-state index is 6.09. The number of nitrogen functional groups attached to an aromatic ring is 3. The second-order valence-electron chi connectivity index (χ2n) is 14.9. The van der Waals surface area contributed by atoms with E-state index in [0.29, 0.717) is 33.2 Å². The highest BCUT2D eigenvalue weighted by atomic mass is 79.9. The first-order valence-electron chi connectivity index (χ1n) is 18.0. The molecule has 0 atom stereocenters. The average Bonchev–Trinajstić information content (AvgIpc) is 3.92. The molecule has 6 N–H and O–H groups in total. The average molecular weight is 841 g/mol. The molecule has 2 aromatic carbocycles. The maximum Gasteiger partial charge on any atom is 0.494 e. The molecule has 1 fully saturated rings. The molecule has 1 saturated heterocycles. The van der Waals surface area contributed by atoms with Crippen molar-refractivity contribution < 1.29 is 18.1 Å². The molecule has 7 heterocycles. The number of oxazole rings is 2. The molecule has 0 saturated carbocycles. The molecule has 298 valence electrons. The van der Waals surface area contributed by atoms with Crippen molar-refractivity contribution in [1.82, 2.24) is 49.5 Å². The first-order valence-corrected chi connectivity index (χ1v) is 18.8. The van der Waals surface area contributed by atoms with Crippen molar-refractivity contribution in [2.75, 3.05) is 17.2 Å². The number of halogens is 1. The first kappa shape index (κ1) is 41.0. The summed E-state index contributed by atoms with van der Waals surface area (Å²) >= 11 is 3.34. The number of aryl methyl sites for hydroxylation is 1. The minimum Gasteiger partial charge on any atom is -0.441 e. The SMILES string of the molecule is C.CC(C)n1nc(Br)c2c(N)ncnc21.CC1(C)OB(c2ccc3oc(N)nc3c2)OC1(C)C.Cc1nc2cc(-c3nn(C(C)C)c4ncnc(N)c34)ccc2o1. The Bertz CT molecular complexity index is 2700. The van der Waals surface area contributed by atoms with Crippen LogP contribution in [0.1, 0.15) is 80.8 Å². The number of anilines is 3. The number of benzene rings is 2. The van der Waals surface area contributed by atoms with Gasteiger partial charge in [0.1, 0.15) is 45.6 Å². The van der Waals surface area contributed by atoms with E-state index in [1.54, 1.807) is 0 Å². The zero-order valence-corrected chi connectivity index (χ0v) is 34.2. The van der Waals surface area contributed by atoms with Crippen LogP contribution in [0.5, 0.6) is 0 Å². The molecule has 8 aromatic rings. The molecule has 6 aromatic heterocycles. The lowest BCUT2D eigenvalue weighted by molar-refractivity contribution is 0.00578. The van der Waals surface area contributed by atoms with E-state index in [-0.39, 0.29) is 36.7 Å². The van der Waals surface area contributed by atoms with Crippen molar-refractivity contribution in [3.05, 3.63) is 59.5 Å². The molecule has 1 aliphatic rings. The number of nitrogens with zero attached hydrogens (tertiary/aromatic N) is 10. The van der Waals surface area contributed by atoms with Crippen LogP contribution < -0.4 is 22.7 Å². The Balaban J connectivity index is 0.000000148. The van der Waals surface area contributed by atoms with Gasteiger partial charge in [-0.25, -0.2) is 34.3 Å². The van der Waals surface area contributed by atoms with Crippen molar-refractivity contribution in [1.29, 1.82) is 0 Å². The molecular weight excluding hydrogens is 793 g/mol. The number of nitrogens with two attached hydrogens (primary N) is 3. The number of fused-ring (bicyclic) bond motifs is 4. The molecule has 0 radical (unpaired) electrons. The van der Waals surface area contributed by atoms with Crippen molar-refractivity contribution in [3.63, 3.8) is 0 Å². The van der Waals surface area contributed by atoms with Gasteiger partial charge in [0.15, 0.2) is 28.4 Å². The van der Waals surface area contributed by atoms with E-state index in [2.05, 4.69) is 64.8 Å². The van der Waals surface area contributed by atoms with Gasteiger partial charge in [0, 0.05) is 24.6 Å². The summed E-state index contributed by atoms with van der Waals surface area (Å²) in [5.74, 6) is 1.51. The Labute approximate surface area is 338 Å². The Hall–Kier alpha value is -5.66. The Morgan fingerprint density at radius 1 is 0.702 bits per heavy atom. The van der Waals surface area contributed by atoms with Gasteiger partial charge in [-0.2, -0.15) is 15.2 Å². The third-order valence-corrected chi connectivity index (χ3v) is 10.2. The number of hydrogen-bond donors (Lipinski definition) is 3. The summed E-state index contributed by atoms with van der Waals surface area (Å²) in [5, 5.41) is 10.6. The molecule has 0 spiro atoms. The molecule has 0 unspecified atom stereocenters. The lowest BCUT2D eigenvalue weighted by Crippen LogP contribution is -2.41. The van der Waals surface area contributed by atoms with Crippen LogP contribution in [0.4, 0.5) is 17.7 Å². The highest BCUT2D eigenvalue weighted by molar-refractivity contribution is 9.10. The molecule has 17 nitrogen and oxygen atoms in total. The lowest BCUT2D eigenvalue weighted by Gasteiger charge is -2.32. The predicted octanol–water partition coefficient (Wildman–Crippen LogP) is 7.20. The molecule has 0 aliphatic carbocycles. The molecule has 19 heteroatoms. The van der Waals surface area contributed by atoms with Gasteiger partial charge in [0.25, 0.3) is 6.01 Å². The number of rotatable bonds is 4. The van der Waals surface area contributed by atoms with E-state index >= 15 is 0 Å². The minimum absolute atomic E-state index is 0. The molecule has 1 aliphatic heterocycles. The Kier molecular flexibility index (Phi) is 11.0. The maximum absolute atomic E-state index is 6.09. The van der Waals surface area contributed by atoms with Gasteiger partial charge in [0.05, 0.1) is 22.0 Å². The smallest absolute Gasteiger partial charge is 0.441 e. The van der Waals surface area contributed by atoms with Gasteiger partial charge in [0.2, 0.25) is 0 Å². The first-order chi connectivity index (χ1) is 26.4. The summed E-state index contributed by atoms with van der Waals surface area (Å²) in [6, 6.07) is 12.0. The quantitative estimate of drug-likeness (QED) is 0.149. The number of aromatic nitrogens is 10. The van der Waals surface area contributed by atoms with Crippen LogP contribution in [-0.4, -0.2) is 67.8 Å². The molecule has 0 bridgehead atoms. The summed E-state index contributed by atoms with van der Waals surface area (Å²) in [5.41, 5.74) is 23.7. The van der Waals surface area contributed by atoms with Crippen LogP contribution in [0.2, 0.25) is 0 Å². The largest absolute Gasteiger partial charge is 0.494 e. The zero-order valence-electron chi connectivity index (χ0n) is 32.6. The normalized spacial score (nSPS) is 14.6. The van der Waals surface area contributed by atoms with Crippen LogP contribution >= 0.6 is 15.9 Å². The number of hydrogen-bond acceptors (Lipinski definition) is 15. The van der Waals surface area contributed by atoms with Gasteiger partial charge >= 0.3 is 7.12 Å². The van der Waals surface area contributed by atoms with Crippen LogP contribution in [-0.2, 0) is 9.31 Å². The Morgan fingerprint density at radius 2 is 1.25 bits per heavy atom. The molecule has 57 heavy (non-hydrogen) atoms. The summed E-state index contributed by atoms with van der Waals surface area (Å²) in [7, 11) is -0.396. The summed E-state index contributed by atoms with van der Waals surface area (Å²) in [4.78, 5) is 25.0. The van der Waals surface area contributed by atoms with Crippen LogP contribution in [0.15, 0.2) is 62.5 Å². The van der Waals surface area contributed by atoms with Crippen LogP contribution in [0.25, 0.3) is 55.5 Å². The van der Waals surface area contributed by atoms with Gasteiger partial charge in [-0.3, -0.25) is 0 Å². The van der Waals surface area contributed by atoms with Gasteiger partial charge < -0.3 is 35.3 Å². The summed E-state index contributed by atoms with van der Waals surface area (Å²) in [6.07, 6.45) is 2.91. The fraction of sp³-hybridized carbons (Fsp3) is 0.368. The zero-order chi connectivity index (χ0) is 40.3. The van der Waals surface area contributed by atoms with Gasteiger partial charge in [-0.15, -0.1) is 0 Å². The van der Waals surface area contributed by atoms with Crippen LogP contribution in [0.3, 0.4) is 0 Å². The summed E-state index contributed by atoms with van der Waals surface area (Å²) in [6.45, 7) is 18.1. The van der Waals surface area contributed by atoms with Crippen molar-refractivity contribution in [2.24, 2.45) is 0 Å². The third kappa shape index (κ3) is 7.73.